The van der Waals surface area contributed by atoms with E-state index in [9.17, 15) is 4.79 Å². The van der Waals surface area contributed by atoms with Crippen molar-refractivity contribution in [2.75, 3.05) is 7.11 Å². The molecule has 23 heavy (non-hydrogen) atoms. The molecule has 0 bridgehead atoms. The molecule has 0 amide bonds. The van der Waals surface area contributed by atoms with Gasteiger partial charge in [0.2, 0.25) is 0 Å². The van der Waals surface area contributed by atoms with E-state index in [1.165, 1.54) is 18.2 Å². The van der Waals surface area contributed by atoms with Gasteiger partial charge in [-0.25, -0.2) is 4.79 Å². The van der Waals surface area contributed by atoms with Gasteiger partial charge in [-0.05, 0) is 55.0 Å². The summed E-state index contributed by atoms with van der Waals surface area (Å²) >= 11 is 6.51. The van der Waals surface area contributed by atoms with Crippen molar-refractivity contribution in [1.29, 1.82) is 0 Å². The van der Waals surface area contributed by atoms with Gasteiger partial charge in [0.25, 0.3) is 0 Å². The van der Waals surface area contributed by atoms with Gasteiger partial charge in [-0.2, -0.15) is 0 Å². The van der Waals surface area contributed by atoms with E-state index >= 15 is 0 Å². The van der Waals surface area contributed by atoms with Crippen molar-refractivity contribution < 1.29 is 9.53 Å². The molecule has 0 aliphatic heterocycles. The maximum absolute atomic E-state index is 11.8. The molecule has 2 nitrogen and oxygen atoms in total. The highest BCUT2D eigenvalue weighted by molar-refractivity contribution is 6.33. The van der Waals surface area contributed by atoms with Gasteiger partial charge in [0.15, 0.2) is 0 Å². The number of hydrogen-bond acceptors (Lipinski definition) is 2. The highest BCUT2D eigenvalue weighted by Crippen LogP contribution is 2.38. The summed E-state index contributed by atoms with van der Waals surface area (Å²) in [6.45, 7) is 2.10. The number of esters is 1. The minimum absolute atomic E-state index is 0.315. The van der Waals surface area contributed by atoms with Crippen LogP contribution >= 0.6 is 11.6 Å². The number of carbonyl (C=O) groups excluding carboxylic acids is 1. The Morgan fingerprint density at radius 3 is 2.78 bits per heavy atom. The van der Waals surface area contributed by atoms with E-state index in [2.05, 4.69) is 25.2 Å². The predicted molar refractivity (Wildman–Crippen MR) is 94.5 cm³/mol. The average Bonchev–Trinajstić information content (AvgIpc) is 2.74. The molecule has 0 spiro atoms. The molecule has 0 aromatic heterocycles. The molecule has 0 saturated heterocycles. The number of fused-ring (bicyclic) bond motifs is 1. The Bertz CT molecular complexity index is 779. The molecule has 0 unspecified atom stereocenters. The third-order valence-corrected chi connectivity index (χ3v) is 4.63. The maximum atomic E-state index is 11.8. The molecule has 0 saturated carbocycles. The Morgan fingerprint density at radius 2 is 2.00 bits per heavy atom. The highest BCUT2D eigenvalue weighted by atomic mass is 35.5. The normalized spacial score (nSPS) is 17.2. The molecule has 1 aromatic rings. The van der Waals surface area contributed by atoms with Crippen molar-refractivity contribution in [3.8, 4) is 0 Å². The van der Waals surface area contributed by atoms with Crippen LogP contribution in [-0.2, 0) is 11.2 Å². The number of allylic oxidation sites excluding steroid dienone is 8. The first-order valence-electron chi connectivity index (χ1n) is 7.76. The van der Waals surface area contributed by atoms with Crippen LogP contribution in [0.2, 0.25) is 0 Å². The zero-order chi connectivity index (χ0) is 16.4. The quantitative estimate of drug-likeness (QED) is 0.698. The molecule has 0 atom stereocenters. The molecule has 0 fully saturated rings. The van der Waals surface area contributed by atoms with Gasteiger partial charge in [-0.3, -0.25) is 0 Å². The number of aryl methyl sites for hydroxylation is 1. The van der Waals surface area contributed by atoms with E-state index in [0.717, 1.165) is 41.0 Å². The van der Waals surface area contributed by atoms with Crippen molar-refractivity contribution in [1.82, 2.24) is 0 Å². The third kappa shape index (κ3) is 3.18. The Morgan fingerprint density at radius 1 is 1.17 bits per heavy atom. The summed E-state index contributed by atoms with van der Waals surface area (Å²) in [7, 11) is 1.40. The van der Waals surface area contributed by atoms with Crippen LogP contribution in [0.5, 0.6) is 0 Å². The molecule has 3 heteroatoms. The van der Waals surface area contributed by atoms with E-state index in [1.807, 2.05) is 24.3 Å². The van der Waals surface area contributed by atoms with Crippen molar-refractivity contribution >= 4 is 23.1 Å². The van der Waals surface area contributed by atoms with Gasteiger partial charge in [0.1, 0.15) is 0 Å². The number of methoxy groups -OCH3 is 1. The van der Waals surface area contributed by atoms with Crippen LogP contribution in [0.4, 0.5) is 0 Å². The van der Waals surface area contributed by atoms with Crippen LogP contribution < -0.4 is 0 Å². The van der Waals surface area contributed by atoms with E-state index in [0.29, 0.717) is 5.56 Å². The van der Waals surface area contributed by atoms with E-state index < -0.39 is 0 Å². The SMILES string of the molecule is COC(=O)c1ccc2c(c1)C(C1=CC=C(C)CC=C1Cl)=CCC2. The Kier molecular flexibility index (Phi) is 4.53. The number of hydrogen-bond donors (Lipinski definition) is 0. The number of carbonyl (C=O) groups is 1. The molecule has 0 radical (unpaired) electrons. The van der Waals surface area contributed by atoms with Gasteiger partial charge in [-0.15, -0.1) is 0 Å². The van der Waals surface area contributed by atoms with Gasteiger partial charge in [0.05, 0.1) is 12.7 Å². The molecule has 1 aromatic carbocycles. The van der Waals surface area contributed by atoms with E-state index in [-0.39, 0.29) is 5.97 Å². The predicted octanol–water partition coefficient (Wildman–Crippen LogP) is 5.20. The van der Waals surface area contributed by atoms with Crippen LogP contribution in [0, 0.1) is 0 Å². The summed E-state index contributed by atoms with van der Waals surface area (Å²) < 4.78 is 4.84. The Labute approximate surface area is 141 Å². The minimum atomic E-state index is -0.315. The Hall–Kier alpha value is -2.06. The summed E-state index contributed by atoms with van der Waals surface area (Å²) in [6, 6.07) is 5.76. The lowest BCUT2D eigenvalue weighted by Crippen LogP contribution is -2.07. The lowest BCUT2D eigenvalue weighted by Gasteiger charge is -2.20. The minimum Gasteiger partial charge on any atom is -0.465 e. The third-order valence-electron chi connectivity index (χ3n) is 4.27. The summed E-state index contributed by atoms with van der Waals surface area (Å²) in [5.74, 6) is -0.315. The van der Waals surface area contributed by atoms with Crippen LogP contribution in [0.1, 0.15) is 41.3 Å². The molecule has 2 aliphatic carbocycles. The van der Waals surface area contributed by atoms with Gasteiger partial charge < -0.3 is 4.74 Å². The first-order valence-corrected chi connectivity index (χ1v) is 8.13. The fraction of sp³-hybridized carbons (Fsp3) is 0.250. The number of benzene rings is 1. The zero-order valence-electron chi connectivity index (χ0n) is 13.4. The fourth-order valence-corrected chi connectivity index (χ4v) is 3.22. The number of rotatable bonds is 2. The number of ether oxygens (including phenoxy) is 1. The van der Waals surface area contributed by atoms with Crippen LogP contribution in [0.15, 0.2) is 58.7 Å². The molecule has 2 aliphatic rings. The van der Waals surface area contributed by atoms with Crippen molar-refractivity contribution in [3.05, 3.63) is 75.4 Å². The smallest absolute Gasteiger partial charge is 0.337 e. The second-order valence-corrected chi connectivity index (χ2v) is 6.28. The number of halogens is 1. The topological polar surface area (TPSA) is 26.3 Å². The second-order valence-electron chi connectivity index (χ2n) is 5.87. The van der Waals surface area contributed by atoms with Crippen molar-refractivity contribution in [3.63, 3.8) is 0 Å². The summed E-state index contributed by atoms with van der Waals surface area (Å²) in [6.07, 6.45) is 11.3. The monoisotopic (exact) mass is 326 g/mol. The summed E-state index contributed by atoms with van der Waals surface area (Å²) in [4.78, 5) is 11.8. The Balaban J connectivity index is 2.09. The van der Waals surface area contributed by atoms with Crippen molar-refractivity contribution in [2.24, 2.45) is 0 Å². The molecule has 3 rings (SSSR count). The lowest BCUT2D eigenvalue weighted by molar-refractivity contribution is 0.0600. The molecule has 0 heterocycles. The second kappa shape index (κ2) is 6.59. The molecular weight excluding hydrogens is 308 g/mol. The standard InChI is InChI=1S/C20H19ClO2/c1-13-6-10-17(19(21)11-7-13)16-5-3-4-14-8-9-15(12-18(14)16)20(22)23-2/h5-6,8-12H,3-4,7H2,1-2H3. The molecule has 0 N–H and O–H groups in total. The first kappa shape index (κ1) is 15.8. The molecular formula is C20H19ClO2. The molecule has 118 valence electrons. The zero-order valence-corrected chi connectivity index (χ0v) is 14.1. The van der Waals surface area contributed by atoms with E-state index in [4.69, 9.17) is 16.3 Å². The maximum Gasteiger partial charge on any atom is 0.337 e. The fourth-order valence-electron chi connectivity index (χ4n) is 2.98. The van der Waals surface area contributed by atoms with E-state index in [1.54, 1.807) is 0 Å². The van der Waals surface area contributed by atoms with Crippen LogP contribution in [0.25, 0.3) is 5.57 Å². The van der Waals surface area contributed by atoms with Crippen LogP contribution in [0.3, 0.4) is 0 Å². The van der Waals surface area contributed by atoms with Crippen molar-refractivity contribution in [2.45, 2.75) is 26.2 Å². The van der Waals surface area contributed by atoms with Gasteiger partial charge in [0, 0.05) is 10.6 Å². The van der Waals surface area contributed by atoms with Gasteiger partial charge in [-0.1, -0.05) is 47.5 Å². The first-order chi connectivity index (χ1) is 11.1. The van der Waals surface area contributed by atoms with Gasteiger partial charge >= 0.3 is 5.97 Å². The largest absolute Gasteiger partial charge is 0.465 e. The summed E-state index contributed by atoms with van der Waals surface area (Å²) in [5.41, 5.74) is 6.28. The lowest BCUT2D eigenvalue weighted by atomic mass is 9.85. The average molecular weight is 327 g/mol. The highest BCUT2D eigenvalue weighted by Gasteiger charge is 2.20. The van der Waals surface area contributed by atoms with Crippen LogP contribution in [-0.4, -0.2) is 13.1 Å². The summed E-state index contributed by atoms with van der Waals surface area (Å²) in [5, 5.41) is 0.765.